The molecule has 1 N–H and O–H groups in total. The second-order valence-corrected chi connectivity index (χ2v) is 7.12. The number of methoxy groups -OCH3 is 1. The molecule has 0 saturated carbocycles. The van der Waals surface area contributed by atoms with Gasteiger partial charge >= 0.3 is 0 Å². The molecule has 6 nitrogen and oxygen atoms in total. The first kappa shape index (κ1) is 21.2. The van der Waals surface area contributed by atoms with Gasteiger partial charge in [-0.05, 0) is 56.2 Å². The predicted molar refractivity (Wildman–Crippen MR) is 119 cm³/mol. The lowest BCUT2D eigenvalue weighted by Gasteiger charge is -2.12. The fourth-order valence-electron chi connectivity index (χ4n) is 3.18. The average Bonchev–Trinajstić information content (AvgIpc) is 2.97. The summed E-state index contributed by atoms with van der Waals surface area (Å²) in [4.78, 5) is 12.4. The highest BCUT2D eigenvalue weighted by molar-refractivity contribution is 6.02. The smallest absolute Gasteiger partial charge is 0.248 e. The zero-order chi connectivity index (χ0) is 21.7. The van der Waals surface area contributed by atoms with Crippen molar-refractivity contribution in [2.45, 2.75) is 27.4 Å². The van der Waals surface area contributed by atoms with Crippen LogP contribution in [-0.4, -0.2) is 22.8 Å². The molecule has 2 aromatic carbocycles. The summed E-state index contributed by atoms with van der Waals surface area (Å²) in [5.74, 6) is 1.37. The van der Waals surface area contributed by atoms with Crippen LogP contribution in [-0.2, 0) is 18.4 Å². The topological polar surface area (TPSA) is 65.4 Å². The molecule has 1 amide bonds. The standard InChI is InChI=1S/C24H27N3O3/c1-16-8-6-7-9-21(16)30-15-20-14-19(10-12-22(20)29-5)11-13-23(28)25-24-17(2)26-27(4)18(24)3/h6-14H,15H2,1-5H3,(H,25,28)/b13-11+. The molecule has 0 unspecified atom stereocenters. The fourth-order valence-corrected chi connectivity index (χ4v) is 3.18. The third-order valence-corrected chi connectivity index (χ3v) is 4.97. The van der Waals surface area contributed by atoms with Crippen LogP contribution in [0.3, 0.4) is 0 Å². The Morgan fingerprint density at radius 3 is 2.57 bits per heavy atom. The Balaban J connectivity index is 1.72. The highest BCUT2D eigenvalue weighted by Crippen LogP contribution is 2.24. The van der Waals surface area contributed by atoms with Gasteiger partial charge in [-0.15, -0.1) is 0 Å². The van der Waals surface area contributed by atoms with E-state index in [1.54, 1.807) is 17.9 Å². The van der Waals surface area contributed by atoms with E-state index in [1.807, 2.05) is 70.3 Å². The average molecular weight is 405 g/mol. The van der Waals surface area contributed by atoms with Crippen molar-refractivity contribution in [3.63, 3.8) is 0 Å². The van der Waals surface area contributed by atoms with Crippen LogP contribution in [0.25, 0.3) is 6.08 Å². The molecule has 0 atom stereocenters. The molecule has 0 spiro atoms. The Morgan fingerprint density at radius 2 is 1.90 bits per heavy atom. The Kier molecular flexibility index (Phi) is 6.57. The van der Waals surface area contributed by atoms with Gasteiger partial charge in [0.1, 0.15) is 18.1 Å². The first-order chi connectivity index (χ1) is 14.4. The van der Waals surface area contributed by atoms with Crippen molar-refractivity contribution in [1.29, 1.82) is 0 Å². The Labute approximate surface area is 177 Å². The number of anilines is 1. The van der Waals surface area contributed by atoms with Gasteiger partial charge in [0.05, 0.1) is 24.2 Å². The van der Waals surface area contributed by atoms with E-state index >= 15 is 0 Å². The van der Waals surface area contributed by atoms with E-state index in [0.717, 1.165) is 45.3 Å². The largest absolute Gasteiger partial charge is 0.496 e. The molecule has 30 heavy (non-hydrogen) atoms. The van der Waals surface area contributed by atoms with Crippen molar-refractivity contribution in [3.05, 3.63) is 76.6 Å². The molecular formula is C24H27N3O3. The molecule has 0 bridgehead atoms. The third kappa shape index (κ3) is 4.89. The van der Waals surface area contributed by atoms with Crippen molar-refractivity contribution in [2.24, 2.45) is 7.05 Å². The maximum atomic E-state index is 12.4. The second-order valence-electron chi connectivity index (χ2n) is 7.12. The fraction of sp³-hybridized carbons (Fsp3) is 0.250. The van der Waals surface area contributed by atoms with Gasteiger partial charge in [-0.1, -0.05) is 24.3 Å². The molecule has 0 aliphatic rings. The van der Waals surface area contributed by atoms with Crippen LogP contribution in [0.2, 0.25) is 0 Å². The zero-order valence-corrected chi connectivity index (χ0v) is 18.0. The molecule has 156 valence electrons. The molecule has 3 rings (SSSR count). The number of carbonyl (C=O) groups excluding carboxylic acids is 1. The second kappa shape index (κ2) is 9.31. The Morgan fingerprint density at radius 1 is 1.13 bits per heavy atom. The SMILES string of the molecule is COc1ccc(/C=C/C(=O)Nc2c(C)nn(C)c2C)cc1COc1ccccc1C. The molecular weight excluding hydrogens is 378 g/mol. The highest BCUT2D eigenvalue weighted by Gasteiger charge is 2.11. The first-order valence-corrected chi connectivity index (χ1v) is 9.73. The van der Waals surface area contributed by atoms with Gasteiger partial charge in [0.25, 0.3) is 0 Å². The summed E-state index contributed by atoms with van der Waals surface area (Å²) in [5, 5.41) is 7.22. The Bertz CT molecular complexity index is 1080. The number of rotatable bonds is 7. The number of hydrogen-bond acceptors (Lipinski definition) is 4. The van der Waals surface area contributed by atoms with Crippen molar-refractivity contribution < 1.29 is 14.3 Å². The van der Waals surface area contributed by atoms with E-state index in [4.69, 9.17) is 9.47 Å². The van der Waals surface area contributed by atoms with Crippen molar-refractivity contribution in [1.82, 2.24) is 9.78 Å². The van der Waals surface area contributed by atoms with Gasteiger partial charge in [0.15, 0.2) is 0 Å². The highest BCUT2D eigenvalue weighted by atomic mass is 16.5. The van der Waals surface area contributed by atoms with E-state index < -0.39 is 0 Å². The number of para-hydroxylation sites is 1. The maximum absolute atomic E-state index is 12.4. The molecule has 0 saturated heterocycles. The lowest BCUT2D eigenvalue weighted by Crippen LogP contribution is -2.09. The molecule has 1 aromatic heterocycles. The maximum Gasteiger partial charge on any atom is 0.248 e. The van der Waals surface area contributed by atoms with Crippen LogP contribution in [0.1, 0.15) is 28.1 Å². The van der Waals surface area contributed by atoms with E-state index in [0.29, 0.717) is 6.61 Å². The number of amides is 1. The molecule has 0 fully saturated rings. The van der Waals surface area contributed by atoms with E-state index in [1.165, 1.54) is 6.08 Å². The Hall–Kier alpha value is -3.54. The summed E-state index contributed by atoms with van der Waals surface area (Å²) >= 11 is 0. The minimum atomic E-state index is -0.206. The van der Waals surface area contributed by atoms with Gasteiger partial charge in [-0.2, -0.15) is 5.10 Å². The minimum Gasteiger partial charge on any atom is -0.496 e. The van der Waals surface area contributed by atoms with Crippen LogP contribution < -0.4 is 14.8 Å². The van der Waals surface area contributed by atoms with Crippen molar-refractivity contribution in [2.75, 3.05) is 12.4 Å². The number of carbonyl (C=O) groups is 1. The van der Waals surface area contributed by atoms with Crippen LogP contribution in [0.15, 0.2) is 48.5 Å². The van der Waals surface area contributed by atoms with Crippen LogP contribution >= 0.6 is 0 Å². The normalized spacial score (nSPS) is 11.0. The molecule has 3 aromatic rings. The molecule has 0 aliphatic carbocycles. The van der Waals surface area contributed by atoms with Crippen molar-refractivity contribution in [3.8, 4) is 11.5 Å². The molecule has 6 heteroatoms. The number of hydrogen-bond donors (Lipinski definition) is 1. The number of aryl methyl sites for hydroxylation is 3. The summed E-state index contributed by atoms with van der Waals surface area (Å²) in [6.45, 7) is 6.17. The van der Waals surface area contributed by atoms with Gasteiger partial charge < -0.3 is 14.8 Å². The van der Waals surface area contributed by atoms with Crippen LogP contribution in [0.4, 0.5) is 5.69 Å². The monoisotopic (exact) mass is 405 g/mol. The van der Waals surface area contributed by atoms with E-state index in [-0.39, 0.29) is 5.91 Å². The number of ether oxygens (including phenoxy) is 2. The lowest BCUT2D eigenvalue weighted by molar-refractivity contribution is -0.111. The molecule has 0 aliphatic heterocycles. The van der Waals surface area contributed by atoms with Gasteiger partial charge in [0.2, 0.25) is 5.91 Å². The third-order valence-electron chi connectivity index (χ3n) is 4.97. The summed E-state index contributed by atoms with van der Waals surface area (Å²) in [6, 6.07) is 13.6. The molecule has 0 radical (unpaired) electrons. The zero-order valence-electron chi connectivity index (χ0n) is 18.0. The van der Waals surface area contributed by atoms with E-state index in [9.17, 15) is 4.79 Å². The minimum absolute atomic E-state index is 0.206. The number of aromatic nitrogens is 2. The van der Waals surface area contributed by atoms with Crippen LogP contribution in [0.5, 0.6) is 11.5 Å². The van der Waals surface area contributed by atoms with Gasteiger partial charge in [-0.25, -0.2) is 0 Å². The quantitative estimate of drug-likeness (QED) is 0.584. The van der Waals surface area contributed by atoms with Crippen molar-refractivity contribution >= 4 is 17.7 Å². The first-order valence-electron chi connectivity index (χ1n) is 9.73. The number of benzene rings is 2. The number of nitrogens with one attached hydrogen (secondary N) is 1. The van der Waals surface area contributed by atoms with Gasteiger partial charge in [0, 0.05) is 18.7 Å². The summed E-state index contributed by atoms with van der Waals surface area (Å²) in [5.41, 5.74) is 5.31. The molecule has 1 heterocycles. The summed E-state index contributed by atoms with van der Waals surface area (Å²) in [6.07, 6.45) is 3.28. The number of nitrogens with zero attached hydrogens (tertiary/aromatic N) is 2. The van der Waals surface area contributed by atoms with Crippen LogP contribution in [0, 0.1) is 20.8 Å². The predicted octanol–water partition coefficient (Wildman–Crippen LogP) is 4.58. The van der Waals surface area contributed by atoms with E-state index in [2.05, 4.69) is 10.4 Å². The lowest BCUT2D eigenvalue weighted by atomic mass is 10.1. The summed E-state index contributed by atoms with van der Waals surface area (Å²) in [7, 11) is 3.49. The summed E-state index contributed by atoms with van der Waals surface area (Å²) < 4.78 is 13.2. The van der Waals surface area contributed by atoms with Gasteiger partial charge in [-0.3, -0.25) is 9.48 Å².